The van der Waals surface area contributed by atoms with Crippen LogP contribution in [0.1, 0.15) is 5.56 Å². The Kier molecular flexibility index (Phi) is 6.61. The third-order valence-corrected chi connectivity index (χ3v) is 6.51. The van der Waals surface area contributed by atoms with Crippen molar-refractivity contribution in [3.8, 4) is 5.69 Å². The number of hydrogen-bond donors (Lipinski definition) is 1. The maximum Gasteiger partial charge on any atom is 0.359 e. The number of pyridine rings is 1. The number of aryl methyl sites for hydroxylation is 1. The molecule has 0 fully saturated rings. The maximum absolute atomic E-state index is 14.6. The Labute approximate surface area is 226 Å². The molecular formula is C23H13BBrClF3N7O2. The molecule has 2 radical (unpaired) electrons. The number of aromatic nitrogens is 6. The molecule has 38 heavy (non-hydrogen) atoms. The molecule has 0 amide bonds. The van der Waals surface area contributed by atoms with Crippen LogP contribution in [-0.2, 0) is 13.6 Å². The SMILES string of the molecule is [B]c1c2cc(Nc3nc(=O)n(-c4cncc(Cl)c4)c(=O)n3Cc3cc(F)c(F)cc3F)c(Br)cc2nn1C. The number of anilines is 2. The number of rotatable bonds is 5. The van der Waals surface area contributed by atoms with Gasteiger partial charge >= 0.3 is 11.4 Å². The zero-order valence-electron chi connectivity index (χ0n) is 19.2. The van der Waals surface area contributed by atoms with E-state index < -0.39 is 35.4 Å². The lowest BCUT2D eigenvalue weighted by atomic mass is 9.99. The maximum atomic E-state index is 14.6. The zero-order valence-corrected chi connectivity index (χ0v) is 21.6. The molecule has 0 saturated heterocycles. The number of halogens is 5. The fraction of sp³-hybridized carbons (Fsp3) is 0.0870. The molecule has 5 rings (SSSR count). The summed E-state index contributed by atoms with van der Waals surface area (Å²) < 4.78 is 45.5. The topological polar surface area (TPSA) is 99.6 Å². The van der Waals surface area contributed by atoms with E-state index in [0.29, 0.717) is 43.4 Å². The van der Waals surface area contributed by atoms with Crippen molar-refractivity contribution >= 4 is 63.5 Å². The van der Waals surface area contributed by atoms with Crippen LogP contribution in [-0.4, -0.2) is 36.7 Å². The van der Waals surface area contributed by atoms with Gasteiger partial charge in [0.2, 0.25) is 5.95 Å². The van der Waals surface area contributed by atoms with Crippen LogP contribution in [0, 0.1) is 17.5 Å². The fourth-order valence-corrected chi connectivity index (χ4v) is 4.39. The first-order chi connectivity index (χ1) is 18.0. The molecule has 0 unspecified atom stereocenters. The van der Waals surface area contributed by atoms with E-state index in [4.69, 9.17) is 19.4 Å². The molecule has 0 aliphatic rings. The number of fused-ring (bicyclic) bond motifs is 1. The average Bonchev–Trinajstić information content (AvgIpc) is 3.12. The smallest absolute Gasteiger partial charge is 0.324 e. The molecule has 15 heteroatoms. The first-order valence-electron chi connectivity index (χ1n) is 10.7. The number of nitrogens with one attached hydrogen (secondary N) is 1. The van der Waals surface area contributed by atoms with Gasteiger partial charge in [0.05, 0.1) is 34.7 Å². The predicted molar refractivity (Wildman–Crippen MR) is 139 cm³/mol. The van der Waals surface area contributed by atoms with E-state index in [1.54, 1.807) is 19.2 Å². The molecule has 2 aromatic carbocycles. The molecule has 3 heterocycles. The summed E-state index contributed by atoms with van der Waals surface area (Å²) >= 11 is 9.37. The van der Waals surface area contributed by atoms with Gasteiger partial charge in [0.1, 0.15) is 13.7 Å². The number of hydrogen-bond acceptors (Lipinski definition) is 6. The Morgan fingerprint density at radius 3 is 2.53 bits per heavy atom. The van der Waals surface area contributed by atoms with Crippen LogP contribution < -0.4 is 22.3 Å². The Balaban J connectivity index is 1.71. The van der Waals surface area contributed by atoms with Crippen LogP contribution in [0.25, 0.3) is 16.6 Å². The summed E-state index contributed by atoms with van der Waals surface area (Å²) in [6, 6.07) is 5.57. The second kappa shape index (κ2) is 9.76. The van der Waals surface area contributed by atoms with E-state index in [0.717, 1.165) is 4.57 Å². The third kappa shape index (κ3) is 4.60. The lowest BCUT2D eigenvalue weighted by Gasteiger charge is -2.17. The molecule has 9 nitrogen and oxygen atoms in total. The Hall–Kier alpha value is -3.91. The van der Waals surface area contributed by atoms with Crippen molar-refractivity contribution in [2.45, 2.75) is 6.54 Å². The van der Waals surface area contributed by atoms with E-state index in [2.05, 4.69) is 36.3 Å². The second-order valence-corrected chi connectivity index (χ2v) is 9.42. The summed E-state index contributed by atoms with van der Waals surface area (Å²) in [6.07, 6.45) is 2.51. The summed E-state index contributed by atoms with van der Waals surface area (Å²) in [5.74, 6) is -4.12. The van der Waals surface area contributed by atoms with Gasteiger partial charge in [-0.2, -0.15) is 10.1 Å². The normalized spacial score (nSPS) is 11.3. The molecule has 0 saturated carbocycles. The largest absolute Gasteiger partial charge is 0.359 e. The van der Waals surface area contributed by atoms with Gasteiger partial charge in [-0.1, -0.05) is 11.6 Å². The lowest BCUT2D eigenvalue weighted by Crippen LogP contribution is -2.42. The third-order valence-electron chi connectivity index (χ3n) is 5.65. The summed E-state index contributed by atoms with van der Waals surface area (Å²) in [6.45, 7) is -0.611. The minimum atomic E-state index is -1.39. The zero-order chi connectivity index (χ0) is 27.3. The van der Waals surface area contributed by atoms with Crippen molar-refractivity contribution in [2.24, 2.45) is 7.05 Å². The Bertz CT molecular complexity index is 1880. The minimum Gasteiger partial charge on any atom is -0.324 e. The first kappa shape index (κ1) is 25.7. The Morgan fingerprint density at radius 2 is 1.79 bits per heavy atom. The first-order valence-corrected chi connectivity index (χ1v) is 11.9. The summed E-state index contributed by atoms with van der Waals surface area (Å²) in [7, 11) is 7.74. The standard InChI is InChI=1S/C23H13BBrClF3N7O2/c1-34-20(24)13-4-19(14(25)5-18(13)33-34)31-21-32-22(37)36(12-3-11(26)7-30-8-12)23(38)35(21)9-10-2-16(28)17(29)6-15(10)27/h2-8H,9H2,1H3,(H,31,32,37). The van der Waals surface area contributed by atoms with Crippen molar-refractivity contribution in [3.63, 3.8) is 0 Å². The second-order valence-electron chi connectivity index (χ2n) is 8.12. The minimum absolute atomic E-state index is 0.00297. The highest BCUT2D eigenvalue weighted by Crippen LogP contribution is 2.29. The van der Waals surface area contributed by atoms with Gasteiger partial charge in [0, 0.05) is 34.7 Å². The highest BCUT2D eigenvalue weighted by atomic mass is 79.9. The van der Waals surface area contributed by atoms with E-state index >= 15 is 0 Å². The predicted octanol–water partition coefficient (Wildman–Crippen LogP) is 3.09. The molecule has 0 bridgehead atoms. The van der Waals surface area contributed by atoms with Crippen LogP contribution in [0.15, 0.2) is 56.8 Å². The van der Waals surface area contributed by atoms with Crippen LogP contribution in [0.2, 0.25) is 5.02 Å². The van der Waals surface area contributed by atoms with Gasteiger partial charge < -0.3 is 5.32 Å². The van der Waals surface area contributed by atoms with Crippen molar-refractivity contribution in [2.75, 3.05) is 5.32 Å². The molecule has 0 aliphatic heterocycles. The van der Waals surface area contributed by atoms with Crippen LogP contribution in [0.3, 0.4) is 0 Å². The molecular weight excluding hydrogens is 589 g/mol. The summed E-state index contributed by atoms with van der Waals surface area (Å²) in [5, 5.41) is 7.87. The van der Waals surface area contributed by atoms with E-state index in [1.807, 2.05) is 0 Å². The average molecular weight is 603 g/mol. The quantitative estimate of drug-likeness (QED) is 0.245. The molecule has 0 atom stereocenters. The van der Waals surface area contributed by atoms with Crippen LogP contribution >= 0.6 is 27.5 Å². The van der Waals surface area contributed by atoms with Gasteiger partial charge in [-0.3, -0.25) is 14.2 Å². The monoisotopic (exact) mass is 601 g/mol. The highest BCUT2D eigenvalue weighted by molar-refractivity contribution is 9.10. The molecule has 190 valence electrons. The highest BCUT2D eigenvalue weighted by Gasteiger charge is 2.20. The molecule has 1 N–H and O–H groups in total. The van der Waals surface area contributed by atoms with E-state index in [-0.39, 0.29) is 22.2 Å². The summed E-state index contributed by atoms with van der Waals surface area (Å²) in [5.41, 5.74) is -1.08. The van der Waals surface area contributed by atoms with Gasteiger partial charge in [0.25, 0.3) is 0 Å². The van der Waals surface area contributed by atoms with Crippen molar-refractivity contribution in [1.29, 1.82) is 0 Å². The van der Waals surface area contributed by atoms with Crippen molar-refractivity contribution < 1.29 is 13.2 Å². The molecule has 3 aromatic heterocycles. The van der Waals surface area contributed by atoms with Crippen LogP contribution in [0.4, 0.5) is 24.8 Å². The molecule has 0 spiro atoms. The summed E-state index contributed by atoms with van der Waals surface area (Å²) in [4.78, 5) is 34.4. The van der Waals surface area contributed by atoms with E-state index in [1.165, 1.54) is 23.1 Å². The number of nitrogens with zero attached hydrogens (tertiary/aromatic N) is 6. The fourth-order valence-electron chi connectivity index (χ4n) is 3.79. The van der Waals surface area contributed by atoms with Gasteiger partial charge in [-0.25, -0.2) is 27.3 Å². The lowest BCUT2D eigenvalue weighted by molar-refractivity contribution is 0.487. The van der Waals surface area contributed by atoms with Gasteiger partial charge in [0.15, 0.2) is 11.6 Å². The van der Waals surface area contributed by atoms with Crippen LogP contribution in [0.5, 0.6) is 0 Å². The molecule has 5 aromatic rings. The van der Waals surface area contributed by atoms with E-state index in [9.17, 15) is 22.8 Å². The van der Waals surface area contributed by atoms with Gasteiger partial charge in [-0.05, 0) is 45.8 Å². The van der Waals surface area contributed by atoms with Crippen molar-refractivity contribution in [1.82, 2.24) is 28.9 Å². The van der Waals surface area contributed by atoms with Crippen molar-refractivity contribution in [3.05, 3.63) is 96.2 Å². The van der Waals surface area contributed by atoms with Gasteiger partial charge in [-0.15, -0.1) is 0 Å². The molecule has 0 aliphatic carbocycles. The Morgan fingerprint density at radius 1 is 1.05 bits per heavy atom. The number of benzene rings is 2.